The number of aromatic nitrogens is 3. The van der Waals surface area contributed by atoms with Crippen molar-refractivity contribution in [2.45, 2.75) is 6.10 Å². The zero-order valence-electron chi connectivity index (χ0n) is 10.3. The molecule has 0 aliphatic carbocycles. The fourth-order valence-electron chi connectivity index (χ4n) is 1.81. The van der Waals surface area contributed by atoms with Crippen LogP contribution in [0, 0.1) is 0 Å². The van der Waals surface area contributed by atoms with Gasteiger partial charge in [-0.25, -0.2) is 4.98 Å². The van der Waals surface area contributed by atoms with Crippen molar-refractivity contribution in [3.05, 3.63) is 40.7 Å². The van der Waals surface area contributed by atoms with E-state index in [2.05, 4.69) is 31.1 Å². The number of fused-ring (bicyclic) bond motifs is 1. The van der Waals surface area contributed by atoms with Gasteiger partial charge in [-0.1, -0.05) is 23.4 Å². The second kappa shape index (κ2) is 5.28. The van der Waals surface area contributed by atoms with Gasteiger partial charge in [0, 0.05) is 16.4 Å². The van der Waals surface area contributed by atoms with Crippen LogP contribution in [0.25, 0.3) is 22.4 Å². The number of aliphatic hydroxyl groups excluding tert-OH is 1. The predicted molar refractivity (Wildman–Crippen MR) is 76.7 cm³/mol. The highest BCUT2D eigenvalue weighted by molar-refractivity contribution is 9.10. The van der Waals surface area contributed by atoms with Crippen LogP contribution >= 0.6 is 15.9 Å². The molecule has 0 aliphatic heterocycles. The third-order valence-corrected chi connectivity index (χ3v) is 3.44. The monoisotopic (exact) mass is 334 g/mol. The molecule has 3 N–H and O–H groups in total. The van der Waals surface area contributed by atoms with Crippen molar-refractivity contribution in [1.82, 2.24) is 15.1 Å². The number of nitrogens with zero attached hydrogens (tertiary/aromatic N) is 3. The standard InChI is InChI=1S/C13H11BrN4O2/c14-8-5-7-3-1-2-4-9(7)16-11(8)12-17-13(20-18-12)10(19)6-15/h1-5,10,19H,6,15H2/t10-/m0/s1. The lowest BCUT2D eigenvalue weighted by molar-refractivity contribution is 0.141. The molecule has 20 heavy (non-hydrogen) atoms. The van der Waals surface area contributed by atoms with Gasteiger partial charge in [0.2, 0.25) is 5.82 Å². The summed E-state index contributed by atoms with van der Waals surface area (Å²) in [6, 6.07) is 9.66. The molecular weight excluding hydrogens is 324 g/mol. The van der Waals surface area contributed by atoms with Crippen LogP contribution in [-0.4, -0.2) is 26.8 Å². The van der Waals surface area contributed by atoms with Gasteiger partial charge in [0.05, 0.1) is 5.52 Å². The van der Waals surface area contributed by atoms with Crippen LogP contribution in [0.15, 0.2) is 39.3 Å². The number of nitrogens with two attached hydrogens (primary N) is 1. The molecule has 0 saturated heterocycles. The van der Waals surface area contributed by atoms with E-state index in [1.165, 1.54) is 0 Å². The van der Waals surface area contributed by atoms with E-state index in [1.807, 2.05) is 30.3 Å². The molecule has 1 atom stereocenters. The Morgan fingerprint density at radius 1 is 1.30 bits per heavy atom. The minimum atomic E-state index is -0.963. The van der Waals surface area contributed by atoms with Gasteiger partial charge in [-0.2, -0.15) is 4.98 Å². The molecule has 0 bridgehead atoms. The van der Waals surface area contributed by atoms with Crippen molar-refractivity contribution in [3.8, 4) is 11.5 Å². The molecule has 0 spiro atoms. The Morgan fingerprint density at radius 3 is 2.90 bits per heavy atom. The van der Waals surface area contributed by atoms with Crippen molar-refractivity contribution in [1.29, 1.82) is 0 Å². The third kappa shape index (κ3) is 2.31. The van der Waals surface area contributed by atoms with Crippen LogP contribution in [0.3, 0.4) is 0 Å². The average Bonchev–Trinajstić information content (AvgIpc) is 2.95. The van der Waals surface area contributed by atoms with Crippen LogP contribution in [0.4, 0.5) is 0 Å². The topological polar surface area (TPSA) is 98.1 Å². The molecule has 2 heterocycles. The summed E-state index contributed by atoms with van der Waals surface area (Å²) < 4.78 is 5.74. The summed E-state index contributed by atoms with van der Waals surface area (Å²) in [7, 11) is 0. The molecule has 7 heteroatoms. The van der Waals surface area contributed by atoms with Gasteiger partial charge in [-0.05, 0) is 28.1 Å². The van der Waals surface area contributed by atoms with Crippen LogP contribution < -0.4 is 5.73 Å². The van der Waals surface area contributed by atoms with Gasteiger partial charge in [0.15, 0.2) is 0 Å². The summed E-state index contributed by atoms with van der Waals surface area (Å²) in [5, 5.41) is 14.4. The lowest BCUT2D eigenvalue weighted by Gasteiger charge is -2.02. The molecule has 2 aromatic heterocycles. The summed E-state index contributed by atoms with van der Waals surface area (Å²) in [5.74, 6) is 0.398. The molecule has 0 amide bonds. The fourth-order valence-corrected chi connectivity index (χ4v) is 2.33. The number of hydrogen-bond acceptors (Lipinski definition) is 6. The molecule has 0 aliphatic rings. The number of benzene rings is 1. The Hall–Kier alpha value is -1.83. The molecule has 6 nitrogen and oxygen atoms in total. The summed E-state index contributed by atoms with van der Waals surface area (Å²) in [6.45, 7) is 0.0218. The number of halogens is 1. The first-order valence-corrected chi connectivity index (χ1v) is 6.75. The van der Waals surface area contributed by atoms with Crippen molar-refractivity contribution in [2.75, 3.05) is 6.54 Å². The molecule has 3 rings (SSSR count). The zero-order chi connectivity index (χ0) is 14.1. The highest BCUT2D eigenvalue weighted by Gasteiger charge is 2.18. The molecule has 0 radical (unpaired) electrons. The lowest BCUT2D eigenvalue weighted by atomic mass is 10.2. The van der Waals surface area contributed by atoms with Gasteiger partial charge in [0.25, 0.3) is 5.89 Å². The summed E-state index contributed by atoms with van der Waals surface area (Å²) in [4.78, 5) is 8.62. The summed E-state index contributed by atoms with van der Waals surface area (Å²) in [6.07, 6.45) is -0.963. The van der Waals surface area contributed by atoms with E-state index in [0.717, 1.165) is 15.4 Å². The maximum Gasteiger partial charge on any atom is 0.257 e. The minimum Gasteiger partial charge on any atom is -0.382 e. The largest absolute Gasteiger partial charge is 0.382 e. The maximum absolute atomic E-state index is 9.58. The summed E-state index contributed by atoms with van der Waals surface area (Å²) >= 11 is 3.45. The first-order valence-electron chi connectivity index (χ1n) is 5.96. The minimum absolute atomic E-state index is 0.0218. The normalized spacial score (nSPS) is 12.8. The first kappa shape index (κ1) is 13.2. The van der Waals surface area contributed by atoms with Crippen molar-refractivity contribution in [3.63, 3.8) is 0 Å². The van der Waals surface area contributed by atoms with Gasteiger partial charge in [0.1, 0.15) is 11.8 Å². The Morgan fingerprint density at radius 2 is 2.10 bits per heavy atom. The van der Waals surface area contributed by atoms with E-state index in [1.54, 1.807) is 0 Å². The van der Waals surface area contributed by atoms with Crippen molar-refractivity contribution < 1.29 is 9.63 Å². The molecule has 0 fully saturated rings. The average molecular weight is 335 g/mol. The zero-order valence-corrected chi connectivity index (χ0v) is 11.9. The molecule has 1 aromatic carbocycles. The quantitative estimate of drug-likeness (QED) is 0.760. The number of hydrogen-bond donors (Lipinski definition) is 2. The molecular formula is C13H11BrN4O2. The molecule has 102 valence electrons. The summed E-state index contributed by atoms with van der Waals surface area (Å²) in [5.41, 5.74) is 6.74. The SMILES string of the molecule is NC[C@H](O)c1nc(-c2nc3ccccc3cc2Br)no1. The highest BCUT2D eigenvalue weighted by atomic mass is 79.9. The molecule has 3 aromatic rings. The second-order valence-corrected chi connectivity index (χ2v) is 5.07. The first-order chi connectivity index (χ1) is 9.69. The van der Waals surface area contributed by atoms with Crippen LogP contribution in [-0.2, 0) is 0 Å². The maximum atomic E-state index is 9.58. The van der Waals surface area contributed by atoms with Gasteiger partial charge in [-0.15, -0.1) is 0 Å². The second-order valence-electron chi connectivity index (χ2n) is 4.22. The highest BCUT2D eigenvalue weighted by Crippen LogP contribution is 2.28. The third-order valence-electron chi connectivity index (χ3n) is 2.84. The van der Waals surface area contributed by atoms with E-state index in [0.29, 0.717) is 11.5 Å². The van der Waals surface area contributed by atoms with Crippen LogP contribution in [0.2, 0.25) is 0 Å². The van der Waals surface area contributed by atoms with Crippen molar-refractivity contribution in [2.24, 2.45) is 5.73 Å². The van der Waals surface area contributed by atoms with E-state index >= 15 is 0 Å². The molecule has 0 saturated carbocycles. The van der Waals surface area contributed by atoms with Crippen LogP contribution in [0.1, 0.15) is 12.0 Å². The number of pyridine rings is 1. The smallest absolute Gasteiger partial charge is 0.257 e. The van der Waals surface area contributed by atoms with E-state index in [4.69, 9.17) is 10.3 Å². The van der Waals surface area contributed by atoms with E-state index in [9.17, 15) is 5.11 Å². The Balaban J connectivity index is 2.09. The Bertz CT molecular complexity index is 759. The van der Waals surface area contributed by atoms with E-state index in [-0.39, 0.29) is 12.4 Å². The van der Waals surface area contributed by atoms with Gasteiger partial charge >= 0.3 is 0 Å². The lowest BCUT2D eigenvalue weighted by Crippen LogP contribution is -2.11. The number of aliphatic hydroxyl groups is 1. The van der Waals surface area contributed by atoms with Crippen LogP contribution in [0.5, 0.6) is 0 Å². The van der Waals surface area contributed by atoms with E-state index < -0.39 is 6.10 Å². The number of para-hydroxylation sites is 1. The Kier molecular flexibility index (Phi) is 3.47. The van der Waals surface area contributed by atoms with Gasteiger partial charge < -0.3 is 15.4 Å². The number of rotatable bonds is 3. The van der Waals surface area contributed by atoms with Gasteiger partial charge in [-0.3, -0.25) is 0 Å². The fraction of sp³-hybridized carbons (Fsp3) is 0.154. The predicted octanol–water partition coefficient (Wildman–Crippen LogP) is 2.04. The Labute approximate surface area is 122 Å². The van der Waals surface area contributed by atoms with Crippen molar-refractivity contribution >= 4 is 26.8 Å². The molecule has 0 unspecified atom stereocenters.